The number of nitrogens with two attached hydrogens (primary N) is 1. The summed E-state index contributed by atoms with van der Waals surface area (Å²) in [5.41, 5.74) is 7.41. The quantitative estimate of drug-likeness (QED) is 0.794. The fourth-order valence-electron chi connectivity index (χ4n) is 2.21. The van der Waals surface area contributed by atoms with Crippen molar-refractivity contribution in [1.29, 1.82) is 0 Å². The van der Waals surface area contributed by atoms with E-state index in [9.17, 15) is 5.11 Å². The highest BCUT2D eigenvalue weighted by atomic mass is 16.3. The van der Waals surface area contributed by atoms with Gasteiger partial charge >= 0.3 is 0 Å². The molecule has 3 N–H and O–H groups in total. The van der Waals surface area contributed by atoms with E-state index in [1.807, 2.05) is 24.9 Å². The van der Waals surface area contributed by atoms with Crippen molar-refractivity contribution in [2.75, 3.05) is 18.5 Å². The predicted molar refractivity (Wildman–Crippen MR) is 66.7 cm³/mol. The summed E-state index contributed by atoms with van der Waals surface area (Å²) in [6.07, 6.45) is 1.67. The number of hydrogen-bond acceptors (Lipinski definition) is 5. The van der Waals surface area contributed by atoms with E-state index < -0.39 is 0 Å². The first-order chi connectivity index (χ1) is 8.08. The number of aliphatic hydroxyl groups is 1. The Bertz CT molecular complexity index is 390. The Hall–Kier alpha value is -1.20. The van der Waals surface area contributed by atoms with Gasteiger partial charge in [-0.3, -0.25) is 0 Å². The molecule has 5 nitrogen and oxygen atoms in total. The van der Waals surface area contributed by atoms with Gasteiger partial charge in [0.1, 0.15) is 0 Å². The van der Waals surface area contributed by atoms with E-state index in [2.05, 4.69) is 9.97 Å². The first-order valence-corrected chi connectivity index (χ1v) is 6.02. The molecule has 0 unspecified atom stereocenters. The van der Waals surface area contributed by atoms with Gasteiger partial charge in [0.2, 0.25) is 5.95 Å². The Morgan fingerprint density at radius 2 is 2.18 bits per heavy atom. The minimum atomic E-state index is -0.105. The van der Waals surface area contributed by atoms with Crippen LogP contribution < -0.4 is 10.6 Å². The first-order valence-electron chi connectivity index (χ1n) is 6.02. The largest absolute Gasteiger partial charge is 0.393 e. The second-order valence-electron chi connectivity index (χ2n) is 4.88. The second-order valence-corrected chi connectivity index (χ2v) is 4.88. The Morgan fingerprint density at radius 3 is 2.76 bits per heavy atom. The third-order valence-corrected chi connectivity index (χ3v) is 3.19. The van der Waals surface area contributed by atoms with Gasteiger partial charge in [0.25, 0.3) is 0 Å². The van der Waals surface area contributed by atoms with Gasteiger partial charge in [-0.15, -0.1) is 0 Å². The minimum absolute atomic E-state index is 0.105. The third-order valence-electron chi connectivity index (χ3n) is 3.19. The molecule has 1 aromatic rings. The molecule has 1 aliphatic carbocycles. The third kappa shape index (κ3) is 2.92. The highest BCUT2D eigenvalue weighted by Crippen LogP contribution is 2.28. The molecule has 1 aliphatic rings. The van der Waals surface area contributed by atoms with E-state index >= 15 is 0 Å². The molecule has 0 radical (unpaired) electrons. The summed E-state index contributed by atoms with van der Waals surface area (Å²) in [7, 11) is 1.99. The van der Waals surface area contributed by atoms with Gasteiger partial charge in [0.05, 0.1) is 11.8 Å². The number of hydrogen-bond donors (Lipinski definition) is 2. The van der Waals surface area contributed by atoms with Gasteiger partial charge < -0.3 is 15.7 Å². The summed E-state index contributed by atoms with van der Waals surface area (Å²) in [5.74, 6) is 1.28. The van der Waals surface area contributed by atoms with Gasteiger partial charge in [-0.25, -0.2) is 9.97 Å². The number of nitrogens with zero attached hydrogens (tertiary/aromatic N) is 3. The lowest BCUT2D eigenvalue weighted by atomic mass is 9.82. The Morgan fingerprint density at radius 1 is 1.47 bits per heavy atom. The zero-order chi connectivity index (χ0) is 12.4. The number of anilines is 1. The lowest BCUT2D eigenvalue weighted by molar-refractivity contribution is 0.0463. The van der Waals surface area contributed by atoms with Crippen LogP contribution in [0.2, 0.25) is 0 Å². The lowest BCUT2D eigenvalue weighted by Gasteiger charge is -2.34. The standard InChI is InChI=1S/C12H20N4O/c1-8-3-10(6-13)15-12(14-8)16(2)7-9-4-11(17)5-9/h3,9,11,17H,4-7,13H2,1-2H3. The summed E-state index contributed by atoms with van der Waals surface area (Å²) in [5, 5.41) is 9.26. The molecule has 0 atom stereocenters. The maximum absolute atomic E-state index is 9.26. The van der Waals surface area contributed by atoms with Crippen molar-refractivity contribution in [2.45, 2.75) is 32.4 Å². The second kappa shape index (κ2) is 4.98. The molecule has 5 heteroatoms. The molecule has 0 bridgehead atoms. The van der Waals surface area contributed by atoms with Crippen LogP contribution in [0.4, 0.5) is 5.95 Å². The molecule has 0 aliphatic heterocycles. The van der Waals surface area contributed by atoms with Gasteiger partial charge in [-0.2, -0.15) is 0 Å². The fraction of sp³-hybridized carbons (Fsp3) is 0.667. The van der Waals surface area contributed by atoms with Crippen molar-refractivity contribution in [2.24, 2.45) is 11.7 Å². The van der Waals surface area contributed by atoms with Crippen molar-refractivity contribution in [3.63, 3.8) is 0 Å². The van der Waals surface area contributed by atoms with Crippen molar-refractivity contribution in [3.05, 3.63) is 17.5 Å². The Kier molecular flexibility index (Phi) is 3.59. The number of rotatable bonds is 4. The van der Waals surface area contributed by atoms with Crippen LogP contribution in [0.15, 0.2) is 6.07 Å². The summed E-state index contributed by atoms with van der Waals surface area (Å²) < 4.78 is 0. The van der Waals surface area contributed by atoms with Crippen molar-refractivity contribution < 1.29 is 5.11 Å². The number of aliphatic hydroxyl groups excluding tert-OH is 1. The molecule has 1 heterocycles. The maximum atomic E-state index is 9.26. The highest BCUT2D eigenvalue weighted by molar-refractivity contribution is 5.31. The van der Waals surface area contributed by atoms with E-state index in [0.717, 1.165) is 36.7 Å². The van der Waals surface area contributed by atoms with Crippen LogP contribution in [0, 0.1) is 12.8 Å². The molecule has 0 aromatic carbocycles. The van der Waals surface area contributed by atoms with E-state index in [1.165, 1.54) is 0 Å². The van der Waals surface area contributed by atoms with Crippen LogP contribution in [0.25, 0.3) is 0 Å². The van der Waals surface area contributed by atoms with E-state index in [4.69, 9.17) is 5.73 Å². The molecule has 0 amide bonds. The zero-order valence-electron chi connectivity index (χ0n) is 10.4. The molecular formula is C12H20N4O. The van der Waals surface area contributed by atoms with Crippen LogP contribution in [-0.4, -0.2) is 34.8 Å². The molecule has 94 valence electrons. The average molecular weight is 236 g/mol. The SMILES string of the molecule is Cc1cc(CN)nc(N(C)CC2CC(O)C2)n1. The molecule has 1 aromatic heterocycles. The van der Waals surface area contributed by atoms with Gasteiger partial charge in [-0.1, -0.05) is 0 Å². The Labute approximate surface area is 102 Å². The molecular weight excluding hydrogens is 216 g/mol. The van der Waals surface area contributed by atoms with Crippen LogP contribution in [-0.2, 0) is 6.54 Å². The van der Waals surface area contributed by atoms with Gasteiger partial charge in [-0.05, 0) is 31.7 Å². The number of aromatic nitrogens is 2. The maximum Gasteiger partial charge on any atom is 0.225 e. The van der Waals surface area contributed by atoms with E-state index in [0.29, 0.717) is 12.5 Å². The highest BCUT2D eigenvalue weighted by Gasteiger charge is 2.28. The van der Waals surface area contributed by atoms with Crippen LogP contribution in [0.3, 0.4) is 0 Å². The predicted octanol–water partition coefficient (Wildman–Crippen LogP) is 0.451. The van der Waals surface area contributed by atoms with E-state index in [1.54, 1.807) is 0 Å². The summed E-state index contributed by atoms with van der Waals surface area (Å²) in [6.45, 7) is 3.28. The minimum Gasteiger partial charge on any atom is -0.393 e. The summed E-state index contributed by atoms with van der Waals surface area (Å²) >= 11 is 0. The molecule has 1 fully saturated rings. The first kappa shape index (κ1) is 12.3. The topological polar surface area (TPSA) is 75.3 Å². The summed E-state index contributed by atoms with van der Waals surface area (Å²) in [6, 6.07) is 1.91. The normalized spacial score (nSPS) is 23.3. The van der Waals surface area contributed by atoms with Crippen molar-refractivity contribution in [3.8, 4) is 0 Å². The molecule has 2 rings (SSSR count). The van der Waals surface area contributed by atoms with Crippen molar-refractivity contribution in [1.82, 2.24) is 9.97 Å². The monoisotopic (exact) mass is 236 g/mol. The van der Waals surface area contributed by atoms with E-state index in [-0.39, 0.29) is 6.10 Å². The van der Waals surface area contributed by atoms with Crippen molar-refractivity contribution >= 4 is 5.95 Å². The fourth-order valence-corrected chi connectivity index (χ4v) is 2.21. The number of aryl methyl sites for hydroxylation is 1. The molecule has 0 saturated heterocycles. The van der Waals surface area contributed by atoms with Gasteiger partial charge in [0, 0.05) is 25.8 Å². The molecule has 1 saturated carbocycles. The molecule has 0 spiro atoms. The lowest BCUT2D eigenvalue weighted by Crippen LogP contribution is -2.37. The van der Waals surface area contributed by atoms with Crippen LogP contribution >= 0.6 is 0 Å². The molecule has 17 heavy (non-hydrogen) atoms. The average Bonchev–Trinajstić information content (AvgIpc) is 2.26. The zero-order valence-corrected chi connectivity index (χ0v) is 10.4. The smallest absolute Gasteiger partial charge is 0.225 e. The van der Waals surface area contributed by atoms with Gasteiger partial charge in [0.15, 0.2) is 0 Å². The van der Waals surface area contributed by atoms with Crippen LogP contribution in [0.1, 0.15) is 24.2 Å². The Balaban J connectivity index is 2.02. The summed E-state index contributed by atoms with van der Waals surface area (Å²) in [4.78, 5) is 10.9. The van der Waals surface area contributed by atoms with Crippen LogP contribution in [0.5, 0.6) is 0 Å².